The maximum atomic E-state index is 11.9. The number of carbonyl (C=O) groups excluding carboxylic acids is 1. The molecule has 2 N–H and O–H groups in total. The van der Waals surface area contributed by atoms with Crippen LogP contribution < -0.4 is 5.32 Å². The minimum Gasteiger partial charge on any atom is -0.480 e. The summed E-state index contributed by atoms with van der Waals surface area (Å²) >= 11 is 1.30. The molecule has 0 aromatic carbocycles. The van der Waals surface area contributed by atoms with Crippen LogP contribution >= 0.6 is 11.8 Å². The quantitative estimate of drug-likeness (QED) is 0.782. The van der Waals surface area contributed by atoms with Gasteiger partial charge in [0.2, 0.25) is 0 Å². The number of nitrogens with one attached hydrogen (secondary N) is 1. The Balaban J connectivity index is 2.61. The molecule has 0 bridgehead atoms. The molecule has 0 spiro atoms. The van der Waals surface area contributed by atoms with Gasteiger partial charge in [-0.1, -0.05) is 0 Å². The van der Waals surface area contributed by atoms with Gasteiger partial charge in [-0.05, 0) is 6.92 Å². The molecule has 5 nitrogen and oxygen atoms in total. The first-order chi connectivity index (χ1) is 7.43. The molecule has 92 valence electrons. The second kappa shape index (κ2) is 5.33. The van der Waals surface area contributed by atoms with Gasteiger partial charge in [0.15, 0.2) is 0 Å². The summed E-state index contributed by atoms with van der Waals surface area (Å²) in [5, 5.41) is 10.5. The average molecular weight is 254 g/mol. The van der Waals surface area contributed by atoms with Gasteiger partial charge >= 0.3 is 12.0 Å². The first-order valence-electron chi connectivity index (χ1n) is 4.62. The van der Waals surface area contributed by atoms with Crippen molar-refractivity contribution in [2.45, 2.75) is 24.8 Å². The number of halogens is 2. The lowest BCUT2D eigenvalue weighted by atomic mass is 10.3. The van der Waals surface area contributed by atoms with Gasteiger partial charge in [0.05, 0.1) is 11.9 Å². The number of carbonyl (C=O) groups is 2. The van der Waals surface area contributed by atoms with E-state index in [-0.39, 0.29) is 11.1 Å². The summed E-state index contributed by atoms with van der Waals surface area (Å²) in [7, 11) is 0. The van der Waals surface area contributed by atoms with E-state index in [1.165, 1.54) is 11.8 Å². The van der Waals surface area contributed by atoms with E-state index in [0.717, 1.165) is 4.90 Å². The summed E-state index contributed by atoms with van der Waals surface area (Å²) in [6.45, 7) is 0.897. The molecule has 1 fully saturated rings. The summed E-state index contributed by atoms with van der Waals surface area (Å²) in [5.74, 6) is -0.845. The fourth-order valence-electron chi connectivity index (χ4n) is 1.40. The summed E-state index contributed by atoms with van der Waals surface area (Å²) in [6, 6.07) is -1.71. The van der Waals surface area contributed by atoms with Crippen molar-refractivity contribution in [1.82, 2.24) is 10.2 Å². The molecular formula is C8H12F2N2O3S. The van der Waals surface area contributed by atoms with Crippen molar-refractivity contribution < 1.29 is 23.5 Å². The molecule has 0 radical (unpaired) electrons. The number of carboxylic acid groups (broad SMARTS) is 1. The molecule has 2 atom stereocenters. The molecular weight excluding hydrogens is 242 g/mol. The Hall–Kier alpha value is -1.05. The summed E-state index contributed by atoms with van der Waals surface area (Å²) in [4.78, 5) is 23.4. The van der Waals surface area contributed by atoms with Crippen molar-refractivity contribution in [3.63, 3.8) is 0 Å². The zero-order valence-corrected chi connectivity index (χ0v) is 9.34. The lowest BCUT2D eigenvalue weighted by molar-refractivity contribution is -0.141. The van der Waals surface area contributed by atoms with Crippen molar-refractivity contribution in [2.24, 2.45) is 0 Å². The Morgan fingerprint density at radius 1 is 1.62 bits per heavy atom. The predicted octanol–water partition coefficient (Wildman–Crippen LogP) is 0.809. The lowest BCUT2D eigenvalue weighted by Crippen LogP contribution is -2.50. The molecule has 1 rings (SSSR count). The average Bonchev–Trinajstić information content (AvgIpc) is 2.56. The smallest absolute Gasteiger partial charge is 0.327 e. The highest BCUT2D eigenvalue weighted by molar-refractivity contribution is 8.00. The Kier molecular flexibility index (Phi) is 4.34. The SMILES string of the molecule is CC1SCC(C(=O)O)N1C(=O)NCC(F)F. The molecule has 1 saturated heterocycles. The van der Waals surface area contributed by atoms with Crippen molar-refractivity contribution in [2.75, 3.05) is 12.3 Å². The molecule has 0 saturated carbocycles. The van der Waals surface area contributed by atoms with Gasteiger partial charge in [-0.25, -0.2) is 18.4 Å². The first-order valence-corrected chi connectivity index (χ1v) is 5.67. The Morgan fingerprint density at radius 3 is 2.75 bits per heavy atom. The minimum absolute atomic E-state index is 0.276. The van der Waals surface area contributed by atoms with Crippen LogP contribution in [0, 0.1) is 0 Å². The fourth-order valence-corrected chi connectivity index (χ4v) is 2.56. The van der Waals surface area contributed by atoms with Crippen molar-refractivity contribution in [3.05, 3.63) is 0 Å². The minimum atomic E-state index is -2.64. The number of carboxylic acids is 1. The molecule has 1 heterocycles. The molecule has 2 amide bonds. The Bertz CT molecular complexity index is 290. The fraction of sp³-hybridized carbons (Fsp3) is 0.750. The van der Waals surface area contributed by atoms with Crippen LogP contribution in [0.3, 0.4) is 0 Å². The van der Waals surface area contributed by atoms with Gasteiger partial charge in [-0.3, -0.25) is 4.90 Å². The maximum Gasteiger partial charge on any atom is 0.327 e. The molecule has 16 heavy (non-hydrogen) atoms. The lowest BCUT2D eigenvalue weighted by Gasteiger charge is -2.25. The number of amides is 2. The summed E-state index contributed by atoms with van der Waals surface area (Å²) in [5.41, 5.74) is 0. The molecule has 1 aliphatic heterocycles. The number of urea groups is 1. The van der Waals surface area contributed by atoms with Crippen LogP contribution in [0.4, 0.5) is 13.6 Å². The molecule has 0 aromatic rings. The van der Waals surface area contributed by atoms with E-state index >= 15 is 0 Å². The highest BCUT2D eigenvalue weighted by Gasteiger charge is 2.39. The number of alkyl halides is 2. The number of hydrogen-bond donors (Lipinski definition) is 2. The van der Waals surface area contributed by atoms with E-state index in [1.54, 1.807) is 6.92 Å². The van der Waals surface area contributed by atoms with Gasteiger partial charge in [-0.15, -0.1) is 11.8 Å². The van der Waals surface area contributed by atoms with Crippen molar-refractivity contribution in [3.8, 4) is 0 Å². The molecule has 1 aliphatic rings. The normalized spacial score (nSPS) is 24.9. The first kappa shape index (κ1) is 13.0. The summed E-state index contributed by atoms with van der Waals surface area (Å²) in [6.07, 6.45) is -2.64. The van der Waals surface area contributed by atoms with Crippen LogP contribution in [-0.4, -0.2) is 52.1 Å². The van der Waals surface area contributed by atoms with Crippen LogP contribution in [0.1, 0.15) is 6.92 Å². The third kappa shape index (κ3) is 2.97. The molecule has 0 aliphatic carbocycles. The largest absolute Gasteiger partial charge is 0.480 e. The van der Waals surface area contributed by atoms with Gasteiger partial charge in [0.25, 0.3) is 6.43 Å². The van der Waals surface area contributed by atoms with Crippen LogP contribution in [0.5, 0.6) is 0 Å². The maximum absolute atomic E-state index is 11.9. The second-order valence-electron chi connectivity index (χ2n) is 3.27. The van der Waals surface area contributed by atoms with Crippen LogP contribution in [0.15, 0.2) is 0 Å². The molecule has 0 aromatic heterocycles. The van der Waals surface area contributed by atoms with Crippen molar-refractivity contribution in [1.29, 1.82) is 0 Å². The number of nitrogens with zero attached hydrogens (tertiary/aromatic N) is 1. The van der Waals surface area contributed by atoms with Crippen molar-refractivity contribution >= 4 is 23.8 Å². The number of hydrogen-bond acceptors (Lipinski definition) is 3. The molecule has 8 heteroatoms. The highest BCUT2D eigenvalue weighted by atomic mass is 32.2. The monoisotopic (exact) mass is 254 g/mol. The van der Waals surface area contributed by atoms with Gasteiger partial charge < -0.3 is 10.4 Å². The molecule has 2 unspecified atom stereocenters. The van der Waals surface area contributed by atoms with E-state index < -0.39 is 31.0 Å². The third-order valence-corrected chi connectivity index (χ3v) is 3.37. The number of thioether (sulfide) groups is 1. The van der Waals surface area contributed by atoms with Gasteiger partial charge in [0, 0.05) is 5.75 Å². The van der Waals surface area contributed by atoms with E-state index in [1.807, 2.05) is 5.32 Å². The van der Waals surface area contributed by atoms with Crippen LogP contribution in [0.25, 0.3) is 0 Å². The Morgan fingerprint density at radius 2 is 2.25 bits per heavy atom. The zero-order chi connectivity index (χ0) is 12.3. The van der Waals surface area contributed by atoms with E-state index in [0.29, 0.717) is 0 Å². The van der Waals surface area contributed by atoms with Crippen LogP contribution in [0.2, 0.25) is 0 Å². The van der Waals surface area contributed by atoms with E-state index in [4.69, 9.17) is 5.11 Å². The third-order valence-electron chi connectivity index (χ3n) is 2.15. The Labute approximate surface area is 95.2 Å². The predicted molar refractivity (Wildman–Crippen MR) is 54.6 cm³/mol. The topological polar surface area (TPSA) is 69.6 Å². The zero-order valence-electron chi connectivity index (χ0n) is 8.52. The van der Waals surface area contributed by atoms with E-state index in [2.05, 4.69) is 0 Å². The number of rotatable bonds is 3. The number of aliphatic carboxylic acids is 1. The highest BCUT2D eigenvalue weighted by Crippen LogP contribution is 2.28. The summed E-state index contributed by atoms with van der Waals surface area (Å²) < 4.78 is 23.8. The van der Waals surface area contributed by atoms with Gasteiger partial charge in [0.1, 0.15) is 6.04 Å². The van der Waals surface area contributed by atoms with Crippen LogP contribution in [-0.2, 0) is 4.79 Å². The second-order valence-corrected chi connectivity index (χ2v) is 4.62. The van der Waals surface area contributed by atoms with Gasteiger partial charge in [-0.2, -0.15) is 0 Å². The van der Waals surface area contributed by atoms with E-state index in [9.17, 15) is 18.4 Å². The standard InChI is InChI=1S/C8H12F2N2O3S/c1-4-12(5(3-16-4)7(13)14)8(15)11-2-6(9)10/h4-6H,2-3H2,1H3,(H,11,15)(H,13,14).